The summed E-state index contributed by atoms with van der Waals surface area (Å²) < 4.78 is 42.1. The van der Waals surface area contributed by atoms with E-state index in [-0.39, 0.29) is 11.5 Å². The molecule has 1 saturated carbocycles. The minimum absolute atomic E-state index is 0.0311. The SMILES string of the molecule is CC(C)(C)OC(=O)c1cccc(N(Cc2cnccn2)c2ccc(OC(F)F)c(OCC3CC3)c2)c1. The van der Waals surface area contributed by atoms with Crippen molar-refractivity contribution in [1.82, 2.24) is 9.97 Å². The van der Waals surface area contributed by atoms with Gasteiger partial charge in [-0.15, -0.1) is 0 Å². The van der Waals surface area contributed by atoms with E-state index in [1.807, 2.05) is 11.0 Å². The first-order valence-electron chi connectivity index (χ1n) is 11.8. The van der Waals surface area contributed by atoms with Crippen LogP contribution in [-0.4, -0.2) is 34.8 Å². The van der Waals surface area contributed by atoms with E-state index in [1.54, 1.807) is 69.7 Å². The number of esters is 1. The molecule has 0 N–H and O–H groups in total. The fourth-order valence-electron chi connectivity index (χ4n) is 3.51. The van der Waals surface area contributed by atoms with Crippen LogP contribution < -0.4 is 14.4 Å². The molecule has 3 aromatic rings. The molecule has 190 valence electrons. The van der Waals surface area contributed by atoms with Crippen LogP contribution in [0.25, 0.3) is 0 Å². The van der Waals surface area contributed by atoms with E-state index in [0.29, 0.717) is 41.7 Å². The predicted molar refractivity (Wildman–Crippen MR) is 131 cm³/mol. The Hall–Kier alpha value is -3.75. The van der Waals surface area contributed by atoms with E-state index >= 15 is 0 Å². The molecule has 1 fully saturated rings. The number of aromatic nitrogens is 2. The number of benzene rings is 2. The number of carbonyl (C=O) groups is 1. The van der Waals surface area contributed by atoms with E-state index in [1.165, 1.54) is 6.07 Å². The average Bonchev–Trinajstić information content (AvgIpc) is 3.66. The van der Waals surface area contributed by atoms with Crippen molar-refractivity contribution in [1.29, 1.82) is 0 Å². The third-order valence-electron chi connectivity index (χ3n) is 5.36. The maximum atomic E-state index is 13.0. The number of carbonyl (C=O) groups excluding carboxylic acids is 1. The standard InChI is InChI=1S/C27H29F2N3O4/c1-27(2,3)36-25(33)19-5-4-6-21(13-19)32(16-20-15-30-11-12-31-20)22-9-10-23(35-26(28)29)24(14-22)34-17-18-7-8-18/h4-6,9-15,18,26H,7-8,16-17H2,1-3H3. The Kier molecular flexibility index (Phi) is 7.67. The lowest BCUT2D eigenvalue weighted by Gasteiger charge is -2.26. The molecule has 9 heteroatoms. The molecule has 0 amide bonds. The Morgan fingerprint density at radius 2 is 1.86 bits per heavy atom. The lowest BCUT2D eigenvalue weighted by Crippen LogP contribution is -2.24. The number of hydrogen-bond acceptors (Lipinski definition) is 7. The first-order valence-corrected chi connectivity index (χ1v) is 11.8. The average molecular weight is 498 g/mol. The Bertz CT molecular complexity index is 1180. The van der Waals surface area contributed by atoms with Gasteiger partial charge in [0.25, 0.3) is 0 Å². The second-order valence-corrected chi connectivity index (χ2v) is 9.60. The van der Waals surface area contributed by atoms with Crippen LogP contribution >= 0.6 is 0 Å². The first kappa shape index (κ1) is 25.3. The molecule has 0 bridgehead atoms. The largest absolute Gasteiger partial charge is 0.489 e. The maximum Gasteiger partial charge on any atom is 0.387 e. The van der Waals surface area contributed by atoms with E-state index in [4.69, 9.17) is 14.2 Å². The molecule has 0 radical (unpaired) electrons. The molecule has 0 aliphatic heterocycles. The van der Waals surface area contributed by atoms with Crippen molar-refractivity contribution in [2.45, 2.75) is 52.4 Å². The summed E-state index contributed by atoms with van der Waals surface area (Å²) in [5, 5.41) is 0. The van der Waals surface area contributed by atoms with Gasteiger partial charge in [-0.1, -0.05) is 6.07 Å². The summed E-state index contributed by atoms with van der Waals surface area (Å²) in [6.07, 6.45) is 6.93. The summed E-state index contributed by atoms with van der Waals surface area (Å²) in [5.41, 5.74) is 1.75. The van der Waals surface area contributed by atoms with Gasteiger partial charge in [0.05, 0.1) is 30.6 Å². The van der Waals surface area contributed by atoms with Crippen LogP contribution in [0.3, 0.4) is 0 Å². The van der Waals surface area contributed by atoms with Crippen molar-refractivity contribution >= 4 is 17.3 Å². The number of halogens is 2. The first-order chi connectivity index (χ1) is 17.2. The summed E-state index contributed by atoms with van der Waals surface area (Å²) in [6, 6.07) is 11.8. The zero-order chi connectivity index (χ0) is 25.7. The topological polar surface area (TPSA) is 73.8 Å². The zero-order valence-corrected chi connectivity index (χ0v) is 20.5. The molecule has 1 aliphatic carbocycles. The number of ether oxygens (including phenoxy) is 3. The van der Waals surface area contributed by atoms with Gasteiger partial charge in [0.2, 0.25) is 0 Å². The van der Waals surface area contributed by atoms with Crippen LogP contribution in [0, 0.1) is 5.92 Å². The van der Waals surface area contributed by atoms with E-state index in [9.17, 15) is 13.6 Å². The summed E-state index contributed by atoms with van der Waals surface area (Å²) in [5.74, 6) is 0.177. The van der Waals surface area contributed by atoms with Crippen molar-refractivity contribution in [2.24, 2.45) is 5.92 Å². The van der Waals surface area contributed by atoms with Crippen molar-refractivity contribution in [3.63, 3.8) is 0 Å². The molecule has 4 rings (SSSR count). The van der Waals surface area contributed by atoms with Crippen LogP contribution in [0.1, 0.15) is 49.7 Å². The van der Waals surface area contributed by atoms with Crippen LogP contribution in [-0.2, 0) is 11.3 Å². The van der Waals surface area contributed by atoms with E-state index < -0.39 is 18.2 Å². The van der Waals surface area contributed by atoms with Gasteiger partial charge >= 0.3 is 12.6 Å². The summed E-state index contributed by atoms with van der Waals surface area (Å²) in [6.45, 7) is 3.19. The van der Waals surface area contributed by atoms with E-state index in [2.05, 4.69) is 9.97 Å². The molecule has 0 spiro atoms. The summed E-state index contributed by atoms with van der Waals surface area (Å²) in [7, 11) is 0. The number of nitrogens with zero attached hydrogens (tertiary/aromatic N) is 3. The molecule has 1 heterocycles. The molecular formula is C27H29F2N3O4. The lowest BCUT2D eigenvalue weighted by atomic mass is 10.1. The van der Waals surface area contributed by atoms with Crippen LogP contribution in [0.2, 0.25) is 0 Å². The van der Waals surface area contributed by atoms with E-state index in [0.717, 1.165) is 12.8 Å². The Morgan fingerprint density at radius 3 is 2.53 bits per heavy atom. The maximum absolute atomic E-state index is 13.0. The number of hydrogen-bond donors (Lipinski definition) is 0. The number of alkyl halides is 2. The van der Waals surface area contributed by atoms with Gasteiger partial charge in [0.1, 0.15) is 5.60 Å². The van der Waals surface area contributed by atoms with Gasteiger partial charge in [-0.3, -0.25) is 9.97 Å². The smallest absolute Gasteiger partial charge is 0.387 e. The molecular weight excluding hydrogens is 468 g/mol. The molecule has 1 aromatic heterocycles. The highest BCUT2D eigenvalue weighted by atomic mass is 19.3. The Morgan fingerprint density at radius 1 is 1.08 bits per heavy atom. The van der Waals surface area contributed by atoms with Crippen LogP contribution in [0.15, 0.2) is 61.1 Å². The number of rotatable bonds is 10. The van der Waals surface area contributed by atoms with Crippen molar-refractivity contribution in [2.75, 3.05) is 11.5 Å². The molecule has 0 saturated heterocycles. The third-order valence-corrected chi connectivity index (χ3v) is 5.36. The molecule has 2 aromatic carbocycles. The number of anilines is 2. The normalized spacial score (nSPS) is 13.4. The fourth-order valence-corrected chi connectivity index (χ4v) is 3.51. The van der Waals surface area contributed by atoms with Crippen molar-refractivity contribution in [3.8, 4) is 11.5 Å². The summed E-state index contributed by atoms with van der Waals surface area (Å²) in [4.78, 5) is 23.1. The predicted octanol–water partition coefficient (Wildman–Crippen LogP) is 6.16. The van der Waals surface area contributed by atoms with Gasteiger partial charge < -0.3 is 19.1 Å². The second kappa shape index (κ2) is 10.9. The molecule has 1 aliphatic rings. The summed E-state index contributed by atoms with van der Waals surface area (Å²) >= 11 is 0. The van der Waals surface area contributed by atoms with Crippen LogP contribution in [0.5, 0.6) is 11.5 Å². The monoisotopic (exact) mass is 497 g/mol. The highest BCUT2D eigenvalue weighted by Crippen LogP contribution is 2.38. The van der Waals surface area contributed by atoms with Gasteiger partial charge in [-0.05, 0) is 69.9 Å². The van der Waals surface area contributed by atoms with Crippen LogP contribution in [0.4, 0.5) is 20.2 Å². The molecule has 0 unspecified atom stereocenters. The lowest BCUT2D eigenvalue weighted by molar-refractivity contribution is -0.0515. The minimum Gasteiger partial charge on any atom is -0.489 e. The fraction of sp³-hybridized carbons (Fsp3) is 0.370. The molecule has 36 heavy (non-hydrogen) atoms. The highest BCUT2D eigenvalue weighted by Gasteiger charge is 2.24. The van der Waals surface area contributed by atoms with Gasteiger partial charge in [0, 0.05) is 29.8 Å². The van der Waals surface area contributed by atoms with Gasteiger partial charge in [0.15, 0.2) is 11.5 Å². The molecule has 0 atom stereocenters. The second-order valence-electron chi connectivity index (χ2n) is 9.60. The van der Waals surface area contributed by atoms with Crippen molar-refractivity contribution < 1.29 is 27.8 Å². The minimum atomic E-state index is -2.97. The van der Waals surface area contributed by atoms with Crippen molar-refractivity contribution in [3.05, 3.63) is 72.3 Å². The molecule has 7 nitrogen and oxygen atoms in total. The highest BCUT2D eigenvalue weighted by molar-refractivity contribution is 5.91. The zero-order valence-electron chi connectivity index (χ0n) is 20.5. The quantitative estimate of drug-likeness (QED) is 0.311. The van der Waals surface area contributed by atoms with Gasteiger partial charge in [-0.2, -0.15) is 8.78 Å². The van der Waals surface area contributed by atoms with Gasteiger partial charge in [-0.25, -0.2) is 4.79 Å². The Balaban J connectivity index is 1.71. The Labute approximate surface area is 209 Å². The third kappa shape index (κ3) is 7.13.